The van der Waals surface area contributed by atoms with Crippen LogP contribution in [-0.2, 0) is 0 Å². The Labute approximate surface area is 73.2 Å². The molecule has 0 radical (unpaired) electrons. The van der Waals surface area contributed by atoms with Gasteiger partial charge in [-0.15, -0.1) is 0 Å². The third kappa shape index (κ3) is 5.70. The van der Waals surface area contributed by atoms with Crippen molar-refractivity contribution >= 4 is 11.7 Å². The topological polar surface area (TPSA) is 67.5 Å². The van der Waals surface area contributed by atoms with Crippen LogP contribution in [0.15, 0.2) is 5.10 Å². The highest BCUT2D eigenvalue weighted by molar-refractivity contribution is 5.85. The molecule has 0 heterocycles. The van der Waals surface area contributed by atoms with Crippen molar-refractivity contribution in [3.8, 4) is 0 Å². The van der Waals surface area contributed by atoms with Gasteiger partial charge in [0.25, 0.3) is 0 Å². The van der Waals surface area contributed by atoms with E-state index in [9.17, 15) is 4.79 Å². The largest absolute Gasteiger partial charge is 0.350 e. The molecule has 4 nitrogen and oxygen atoms in total. The molecule has 12 heavy (non-hydrogen) atoms. The summed E-state index contributed by atoms with van der Waals surface area (Å²) >= 11 is 0. The predicted octanol–water partition coefficient (Wildman–Crippen LogP) is 1.61. The SMILES string of the molecule is CCCC/C(CC)=N/NC(N)=O. The number of hydrogen-bond acceptors (Lipinski definition) is 2. The van der Waals surface area contributed by atoms with E-state index in [1.807, 2.05) is 6.92 Å². The number of nitrogens with zero attached hydrogens (tertiary/aromatic N) is 1. The third-order valence-electron chi connectivity index (χ3n) is 1.55. The number of carbonyl (C=O) groups excluding carboxylic acids is 1. The molecule has 0 spiro atoms. The van der Waals surface area contributed by atoms with Crippen LogP contribution in [0.3, 0.4) is 0 Å². The minimum absolute atomic E-state index is 0.600. The van der Waals surface area contributed by atoms with Crippen molar-refractivity contribution in [2.75, 3.05) is 0 Å². The molecule has 0 fully saturated rings. The fourth-order valence-corrected chi connectivity index (χ4v) is 0.827. The molecule has 2 amide bonds. The highest BCUT2D eigenvalue weighted by Gasteiger charge is 1.96. The maximum absolute atomic E-state index is 10.3. The zero-order valence-corrected chi connectivity index (χ0v) is 7.76. The van der Waals surface area contributed by atoms with Gasteiger partial charge < -0.3 is 5.73 Å². The van der Waals surface area contributed by atoms with Crippen LogP contribution in [0, 0.1) is 0 Å². The van der Waals surface area contributed by atoms with Crippen molar-refractivity contribution in [2.45, 2.75) is 39.5 Å². The Hall–Kier alpha value is -1.06. The molecule has 0 atom stereocenters. The zero-order valence-electron chi connectivity index (χ0n) is 7.76. The van der Waals surface area contributed by atoms with Gasteiger partial charge in [0.15, 0.2) is 0 Å². The summed E-state index contributed by atoms with van der Waals surface area (Å²) in [5.41, 5.74) is 8.10. The number of nitrogens with two attached hydrogens (primary N) is 1. The lowest BCUT2D eigenvalue weighted by Crippen LogP contribution is -2.25. The fraction of sp³-hybridized carbons (Fsp3) is 0.750. The number of urea groups is 1. The van der Waals surface area contributed by atoms with Gasteiger partial charge in [-0.25, -0.2) is 10.2 Å². The van der Waals surface area contributed by atoms with Crippen molar-refractivity contribution < 1.29 is 4.79 Å². The molecule has 0 aromatic carbocycles. The van der Waals surface area contributed by atoms with Crippen LogP contribution in [0.5, 0.6) is 0 Å². The first-order valence-corrected chi connectivity index (χ1v) is 4.31. The number of hydrogen-bond donors (Lipinski definition) is 2. The summed E-state index contributed by atoms with van der Waals surface area (Å²) in [6.07, 6.45) is 4.04. The molecule has 0 bridgehead atoms. The van der Waals surface area contributed by atoms with Gasteiger partial charge in [-0.1, -0.05) is 20.3 Å². The van der Waals surface area contributed by atoms with E-state index in [1.54, 1.807) is 0 Å². The second-order valence-corrected chi connectivity index (χ2v) is 2.61. The maximum Gasteiger partial charge on any atom is 0.332 e. The number of unbranched alkanes of at least 4 members (excludes halogenated alkanes) is 1. The first-order chi connectivity index (χ1) is 5.70. The quantitative estimate of drug-likeness (QED) is 0.479. The number of nitrogens with one attached hydrogen (secondary N) is 1. The molecule has 0 unspecified atom stereocenters. The van der Waals surface area contributed by atoms with Crippen molar-refractivity contribution in [1.29, 1.82) is 0 Å². The number of amides is 2. The van der Waals surface area contributed by atoms with Crippen LogP contribution in [-0.4, -0.2) is 11.7 Å². The van der Waals surface area contributed by atoms with Gasteiger partial charge in [0, 0.05) is 5.71 Å². The average Bonchev–Trinajstić information content (AvgIpc) is 2.05. The second kappa shape index (κ2) is 6.64. The Morgan fingerprint density at radius 2 is 2.17 bits per heavy atom. The van der Waals surface area contributed by atoms with Crippen LogP contribution in [0.25, 0.3) is 0 Å². The summed E-state index contributed by atoms with van der Waals surface area (Å²) in [7, 11) is 0. The molecule has 70 valence electrons. The average molecular weight is 171 g/mol. The highest BCUT2D eigenvalue weighted by atomic mass is 16.2. The Morgan fingerprint density at radius 3 is 2.58 bits per heavy atom. The Morgan fingerprint density at radius 1 is 1.50 bits per heavy atom. The van der Waals surface area contributed by atoms with Gasteiger partial charge in [-0.2, -0.15) is 5.10 Å². The summed E-state index contributed by atoms with van der Waals surface area (Å²) in [6, 6.07) is -0.600. The molecule has 0 aliphatic rings. The Kier molecular flexibility index (Phi) is 6.05. The zero-order chi connectivity index (χ0) is 9.40. The molecule has 0 saturated carbocycles. The van der Waals surface area contributed by atoms with Gasteiger partial charge in [0.2, 0.25) is 0 Å². The molecule has 3 N–H and O–H groups in total. The van der Waals surface area contributed by atoms with Crippen LogP contribution in [0.2, 0.25) is 0 Å². The van der Waals surface area contributed by atoms with E-state index in [1.165, 1.54) is 0 Å². The van der Waals surface area contributed by atoms with Crippen molar-refractivity contribution in [2.24, 2.45) is 10.8 Å². The molecular weight excluding hydrogens is 154 g/mol. The summed E-state index contributed by atoms with van der Waals surface area (Å²) in [5.74, 6) is 0. The third-order valence-corrected chi connectivity index (χ3v) is 1.55. The summed E-state index contributed by atoms with van der Waals surface area (Å²) in [5, 5.41) is 3.87. The van der Waals surface area contributed by atoms with E-state index in [-0.39, 0.29) is 0 Å². The first-order valence-electron chi connectivity index (χ1n) is 4.31. The van der Waals surface area contributed by atoms with Gasteiger partial charge in [-0.05, 0) is 19.3 Å². The van der Waals surface area contributed by atoms with E-state index in [0.717, 1.165) is 31.4 Å². The standard InChI is InChI=1S/C8H17N3O/c1-3-5-6-7(4-2)10-11-8(9)12/h3-6H2,1-2H3,(H3,9,11,12)/b10-7+. The first kappa shape index (κ1) is 10.9. The van der Waals surface area contributed by atoms with Crippen LogP contribution < -0.4 is 11.2 Å². The summed E-state index contributed by atoms with van der Waals surface area (Å²) < 4.78 is 0. The Balaban J connectivity index is 3.78. The molecule has 0 aromatic heterocycles. The minimum Gasteiger partial charge on any atom is -0.350 e. The van der Waals surface area contributed by atoms with Crippen LogP contribution in [0.4, 0.5) is 4.79 Å². The maximum atomic E-state index is 10.3. The van der Waals surface area contributed by atoms with Gasteiger partial charge in [-0.3, -0.25) is 0 Å². The predicted molar refractivity (Wildman–Crippen MR) is 50.0 cm³/mol. The molecule has 0 aromatic rings. The lowest BCUT2D eigenvalue weighted by atomic mass is 10.1. The lowest BCUT2D eigenvalue weighted by Gasteiger charge is -2.01. The van der Waals surface area contributed by atoms with E-state index >= 15 is 0 Å². The Bertz CT molecular complexity index is 166. The highest BCUT2D eigenvalue weighted by Crippen LogP contribution is 1.99. The van der Waals surface area contributed by atoms with E-state index in [4.69, 9.17) is 5.73 Å². The van der Waals surface area contributed by atoms with Crippen LogP contribution >= 0.6 is 0 Å². The van der Waals surface area contributed by atoms with Gasteiger partial charge >= 0.3 is 6.03 Å². The monoisotopic (exact) mass is 171 g/mol. The summed E-state index contributed by atoms with van der Waals surface area (Å²) in [4.78, 5) is 10.3. The van der Waals surface area contributed by atoms with Crippen molar-refractivity contribution in [3.05, 3.63) is 0 Å². The second-order valence-electron chi connectivity index (χ2n) is 2.61. The number of hydrazone groups is 1. The molecule has 4 heteroatoms. The number of rotatable bonds is 5. The number of carbonyl (C=O) groups is 1. The minimum atomic E-state index is -0.600. The fourth-order valence-electron chi connectivity index (χ4n) is 0.827. The van der Waals surface area contributed by atoms with E-state index in [0.29, 0.717) is 0 Å². The summed E-state index contributed by atoms with van der Waals surface area (Å²) in [6.45, 7) is 4.13. The smallest absolute Gasteiger partial charge is 0.332 e. The molecule has 0 aliphatic carbocycles. The van der Waals surface area contributed by atoms with Gasteiger partial charge in [0.05, 0.1) is 0 Å². The molecule has 0 aliphatic heterocycles. The molecular formula is C8H17N3O. The normalized spacial score (nSPS) is 11.3. The van der Waals surface area contributed by atoms with E-state index < -0.39 is 6.03 Å². The molecule has 0 saturated heterocycles. The van der Waals surface area contributed by atoms with E-state index in [2.05, 4.69) is 17.5 Å². The van der Waals surface area contributed by atoms with Crippen molar-refractivity contribution in [1.82, 2.24) is 5.43 Å². The number of primary amides is 1. The lowest BCUT2D eigenvalue weighted by molar-refractivity contribution is 0.249. The van der Waals surface area contributed by atoms with Crippen LogP contribution in [0.1, 0.15) is 39.5 Å². The molecule has 0 rings (SSSR count). The van der Waals surface area contributed by atoms with Gasteiger partial charge in [0.1, 0.15) is 0 Å². The van der Waals surface area contributed by atoms with Crippen molar-refractivity contribution in [3.63, 3.8) is 0 Å².